The van der Waals surface area contributed by atoms with Crippen LogP contribution in [0.3, 0.4) is 0 Å². The predicted molar refractivity (Wildman–Crippen MR) is 93.9 cm³/mol. The van der Waals surface area contributed by atoms with Crippen LogP contribution in [0.25, 0.3) is 0 Å². The second-order valence-electron chi connectivity index (χ2n) is 5.47. The summed E-state index contributed by atoms with van der Waals surface area (Å²) in [5.41, 5.74) is 1.14. The summed E-state index contributed by atoms with van der Waals surface area (Å²) in [4.78, 5) is 20.4. The lowest BCUT2D eigenvalue weighted by Gasteiger charge is -2.18. The summed E-state index contributed by atoms with van der Waals surface area (Å²) in [7, 11) is 0. The first kappa shape index (κ1) is 15.9. The Balaban J connectivity index is 1.43. The molecule has 2 heterocycles. The lowest BCUT2D eigenvalue weighted by Crippen LogP contribution is -2.17. The van der Waals surface area contributed by atoms with Gasteiger partial charge < -0.3 is 19.5 Å². The van der Waals surface area contributed by atoms with Gasteiger partial charge in [-0.15, -0.1) is 0 Å². The molecule has 0 aliphatic carbocycles. The number of hydrogen-bond donors (Lipinski definition) is 1. The fourth-order valence-corrected chi connectivity index (χ4v) is 2.44. The van der Waals surface area contributed by atoms with Gasteiger partial charge in [-0.1, -0.05) is 0 Å². The van der Waals surface area contributed by atoms with Gasteiger partial charge in [-0.25, -0.2) is 9.97 Å². The van der Waals surface area contributed by atoms with E-state index in [9.17, 15) is 4.79 Å². The third-order valence-electron chi connectivity index (χ3n) is 3.67. The molecular weight excluding hydrogens is 334 g/mol. The van der Waals surface area contributed by atoms with E-state index in [0.717, 1.165) is 0 Å². The summed E-state index contributed by atoms with van der Waals surface area (Å²) in [5, 5.41) is 2.83. The van der Waals surface area contributed by atoms with Gasteiger partial charge >= 0.3 is 6.01 Å². The Morgan fingerprint density at radius 3 is 2.46 bits per heavy atom. The number of carbonyl (C=O) groups is 1. The molecule has 26 heavy (non-hydrogen) atoms. The second-order valence-corrected chi connectivity index (χ2v) is 5.47. The van der Waals surface area contributed by atoms with Crippen LogP contribution in [0.5, 0.6) is 23.3 Å². The van der Waals surface area contributed by atoms with Gasteiger partial charge in [-0.2, -0.15) is 0 Å². The molecule has 0 atom stereocenters. The number of rotatable bonds is 4. The smallest absolute Gasteiger partial charge is 0.321 e. The van der Waals surface area contributed by atoms with Crippen molar-refractivity contribution in [1.29, 1.82) is 0 Å². The van der Waals surface area contributed by atoms with Crippen molar-refractivity contribution in [2.75, 3.05) is 18.5 Å². The maximum atomic E-state index is 12.4. The highest BCUT2D eigenvalue weighted by Crippen LogP contribution is 2.31. The molecule has 0 saturated carbocycles. The maximum absolute atomic E-state index is 12.4. The van der Waals surface area contributed by atoms with Crippen molar-refractivity contribution in [2.24, 2.45) is 0 Å². The molecule has 1 amide bonds. The number of ether oxygens (including phenoxy) is 3. The Hall–Kier alpha value is -3.61. The first-order chi connectivity index (χ1) is 12.8. The molecule has 1 aliphatic heterocycles. The summed E-state index contributed by atoms with van der Waals surface area (Å²) < 4.78 is 16.5. The molecule has 3 aromatic rings. The molecule has 1 N–H and O–H groups in total. The van der Waals surface area contributed by atoms with E-state index in [0.29, 0.717) is 41.7 Å². The van der Waals surface area contributed by atoms with E-state index in [1.165, 1.54) is 0 Å². The Bertz CT molecular complexity index is 914. The molecule has 0 radical (unpaired) electrons. The zero-order valence-electron chi connectivity index (χ0n) is 13.7. The maximum Gasteiger partial charge on any atom is 0.321 e. The van der Waals surface area contributed by atoms with Crippen molar-refractivity contribution in [1.82, 2.24) is 9.97 Å². The van der Waals surface area contributed by atoms with Crippen LogP contribution in [0.15, 0.2) is 60.9 Å². The molecule has 130 valence electrons. The molecule has 2 aromatic carbocycles. The zero-order chi connectivity index (χ0) is 17.8. The van der Waals surface area contributed by atoms with E-state index in [1.807, 2.05) is 0 Å². The summed E-state index contributed by atoms with van der Waals surface area (Å²) in [5.74, 6) is 1.57. The van der Waals surface area contributed by atoms with Crippen LogP contribution in [0, 0.1) is 0 Å². The molecule has 0 saturated heterocycles. The highest BCUT2D eigenvalue weighted by molar-refractivity contribution is 6.04. The van der Waals surface area contributed by atoms with Crippen LogP contribution >= 0.6 is 0 Å². The predicted octanol–water partition coefficient (Wildman–Crippen LogP) is 3.29. The van der Waals surface area contributed by atoms with Crippen LogP contribution < -0.4 is 19.5 Å². The molecule has 4 rings (SSSR count). The molecule has 7 heteroatoms. The van der Waals surface area contributed by atoms with Crippen LogP contribution in [0.1, 0.15) is 10.4 Å². The Labute approximate surface area is 149 Å². The Kier molecular flexibility index (Phi) is 4.34. The van der Waals surface area contributed by atoms with Gasteiger partial charge in [-0.05, 0) is 48.5 Å². The highest BCUT2D eigenvalue weighted by atomic mass is 16.6. The first-order valence-electron chi connectivity index (χ1n) is 8.04. The van der Waals surface area contributed by atoms with Crippen LogP contribution in [-0.4, -0.2) is 29.1 Å². The third-order valence-corrected chi connectivity index (χ3v) is 3.67. The summed E-state index contributed by atoms with van der Waals surface area (Å²) in [6.45, 7) is 0.992. The van der Waals surface area contributed by atoms with E-state index in [1.54, 1.807) is 60.9 Å². The molecule has 1 aliphatic rings. The largest absolute Gasteiger partial charge is 0.486 e. The quantitative estimate of drug-likeness (QED) is 0.778. The van der Waals surface area contributed by atoms with Crippen molar-refractivity contribution >= 4 is 11.6 Å². The number of fused-ring (bicyclic) bond motifs is 1. The van der Waals surface area contributed by atoms with Gasteiger partial charge in [0.05, 0.1) is 0 Å². The average Bonchev–Trinajstić information content (AvgIpc) is 2.70. The number of anilines is 1. The normalized spacial score (nSPS) is 12.3. The van der Waals surface area contributed by atoms with Gasteiger partial charge in [0.1, 0.15) is 19.0 Å². The lowest BCUT2D eigenvalue weighted by atomic mass is 10.1. The fraction of sp³-hybridized carbons (Fsp3) is 0.105. The topological polar surface area (TPSA) is 82.6 Å². The van der Waals surface area contributed by atoms with E-state index in [4.69, 9.17) is 14.2 Å². The average molecular weight is 349 g/mol. The highest BCUT2D eigenvalue weighted by Gasteiger charge is 2.15. The molecule has 0 bridgehead atoms. The van der Waals surface area contributed by atoms with Crippen LogP contribution in [-0.2, 0) is 0 Å². The van der Waals surface area contributed by atoms with Crippen LogP contribution in [0.4, 0.5) is 5.69 Å². The summed E-state index contributed by atoms with van der Waals surface area (Å²) in [6, 6.07) is 14.0. The monoisotopic (exact) mass is 349 g/mol. The summed E-state index contributed by atoms with van der Waals surface area (Å²) >= 11 is 0. The van der Waals surface area contributed by atoms with E-state index in [-0.39, 0.29) is 11.9 Å². The minimum Gasteiger partial charge on any atom is -0.486 e. The SMILES string of the molecule is O=C(Nc1ccc(Oc2ncccn2)cc1)c1ccc2c(c1)OCCO2. The van der Waals surface area contributed by atoms with E-state index < -0.39 is 0 Å². The number of hydrogen-bond acceptors (Lipinski definition) is 6. The minimum absolute atomic E-state index is 0.234. The van der Waals surface area contributed by atoms with Crippen molar-refractivity contribution in [2.45, 2.75) is 0 Å². The van der Waals surface area contributed by atoms with E-state index >= 15 is 0 Å². The van der Waals surface area contributed by atoms with Gasteiger partial charge in [-0.3, -0.25) is 4.79 Å². The molecule has 7 nitrogen and oxygen atoms in total. The van der Waals surface area contributed by atoms with Gasteiger partial charge in [0, 0.05) is 23.6 Å². The molecule has 0 spiro atoms. The molecular formula is C19H15N3O4. The first-order valence-corrected chi connectivity index (χ1v) is 8.04. The lowest BCUT2D eigenvalue weighted by molar-refractivity contribution is 0.102. The van der Waals surface area contributed by atoms with Crippen molar-refractivity contribution < 1.29 is 19.0 Å². The van der Waals surface area contributed by atoms with Gasteiger partial charge in [0.2, 0.25) is 0 Å². The Morgan fingerprint density at radius 1 is 0.962 bits per heavy atom. The van der Waals surface area contributed by atoms with Crippen LogP contribution in [0.2, 0.25) is 0 Å². The van der Waals surface area contributed by atoms with Gasteiger partial charge in [0.15, 0.2) is 11.5 Å². The van der Waals surface area contributed by atoms with Crippen molar-refractivity contribution in [3.8, 4) is 23.3 Å². The zero-order valence-corrected chi connectivity index (χ0v) is 13.7. The summed E-state index contributed by atoms with van der Waals surface area (Å²) in [6.07, 6.45) is 3.20. The Morgan fingerprint density at radius 2 is 1.69 bits per heavy atom. The number of nitrogens with one attached hydrogen (secondary N) is 1. The fourth-order valence-electron chi connectivity index (χ4n) is 2.44. The second kappa shape index (κ2) is 7.10. The standard InChI is InChI=1S/C19H15N3O4/c23-18(13-2-7-16-17(12-13)25-11-10-24-16)22-14-3-5-15(6-4-14)26-19-20-8-1-9-21-19/h1-9,12H,10-11H2,(H,22,23). The van der Waals surface area contributed by atoms with E-state index in [2.05, 4.69) is 15.3 Å². The minimum atomic E-state index is -0.234. The molecule has 0 fully saturated rings. The number of amides is 1. The van der Waals surface area contributed by atoms with Gasteiger partial charge in [0.25, 0.3) is 5.91 Å². The number of carbonyl (C=O) groups excluding carboxylic acids is 1. The number of benzene rings is 2. The molecule has 0 unspecified atom stereocenters. The number of nitrogens with zero attached hydrogens (tertiary/aromatic N) is 2. The third kappa shape index (κ3) is 3.56. The van der Waals surface area contributed by atoms with Crippen molar-refractivity contribution in [3.63, 3.8) is 0 Å². The molecule has 1 aromatic heterocycles. The van der Waals surface area contributed by atoms with Crippen molar-refractivity contribution in [3.05, 3.63) is 66.5 Å². The number of aromatic nitrogens is 2.